The summed E-state index contributed by atoms with van der Waals surface area (Å²) < 4.78 is 5.18. The molecule has 1 heterocycles. The van der Waals surface area contributed by atoms with Crippen LogP contribution in [-0.2, 0) is 6.54 Å². The van der Waals surface area contributed by atoms with Crippen molar-refractivity contribution in [3.63, 3.8) is 0 Å². The predicted molar refractivity (Wildman–Crippen MR) is 86.4 cm³/mol. The molecule has 0 saturated heterocycles. The van der Waals surface area contributed by atoms with E-state index in [1.54, 1.807) is 6.07 Å². The van der Waals surface area contributed by atoms with Crippen LogP contribution in [0.2, 0.25) is 0 Å². The van der Waals surface area contributed by atoms with Crippen LogP contribution in [0, 0.1) is 0 Å². The van der Waals surface area contributed by atoms with Gasteiger partial charge in [-0.25, -0.2) is 4.79 Å². The highest BCUT2D eigenvalue weighted by Gasteiger charge is 2.06. The van der Waals surface area contributed by atoms with E-state index in [1.165, 1.54) is 6.07 Å². The van der Waals surface area contributed by atoms with Crippen LogP contribution in [0.3, 0.4) is 0 Å². The average Bonchev–Trinajstić information content (AvgIpc) is 2.39. The van der Waals surface area contributed by atoms with Crippen molar-refractivity contribution < 1.29 is 4.42 Å². The SMILES string of the molecule is Cl.O=c1ccc2ccc(CN(CCCl)CCCl)cc2o1. The molecule has 0 spiro atoms. The number of hydrogen-bond donors (Lipinski definition) is 0. The molecule has 0 aliphatic carbocycles. The fraction of sp³-hybridized carbons (Fsp3) is 0.357. The van der Waals surface area contributed by atoms with E-state index in [4.69, 9.17) is 27.6 Å². The van der Waals surface area contributed by atoms with E-state index in [0.29, 0.717) is 17.3 Å². The zero-order valence-corrected chi connectivity index (χ0v) is 13.2. The highest BCUT2D eigenvalue weighted by atomic mass is 35.5. The van der Waals surface area contributed by atoms with Crippen molar-refractivity contribution in [3.8, 4) is 0 Å². The second-order valence-electron chi connectivity index (χ2n) is 4.28. The summed E-state index contributed by atoms with van der Waals surface area (Å²) >= 11 is 11.5. The summed E-state index contributed by atoms with van der Waals surface area (Å²) in [4.78, 5) is 13.4. The van der Waals surface area contributed by atoms with Crippen LogP contribution < -0.4 is 5.63 Å². The third kappa shape index (κ3) is 4.67. The van der Waals surface area contributed by atoms with Crippen LogP contribution in [0.4, 0.5) is 0 Å². The first kappa shape index (κ1) is 17.3. The molecule has 20 heavy (non-hydrogen) atoms. The second kappa shape index (κ2) is 8.53. The summed E-state index contributed by atoms with van der Waals surface area (Å²) in [5, 5.41) is 0.921. The lowest BCUT2D eigenvalue weighted by Gasteiger charge is -2.20. The molecule has 0 amide bonds. The lowest BCUT2D eigenvalue weighted by atomic mass is 10.1. The number of hydrogen-bond acceptors (Lipinski definition) is 3. The van der Waals surface area contributed by atoms with Gasteiger partial charge in [-0.15, -0.1) is 35.6 Å². The standard InChI is InChI=1S/C14H15Cl2NO2.ClH/c15-5-7-17(8-6-16)10-11-1-2-12-3-4-14(18)19-13(12)9-11;/h1-4,9H,5-8,10H2;1H. The number of fused-ring (bicyclic) bond motifs is 1. The Balaban J connectivity index is 0.00000200. The maximum absolute atomic E-state index is 11.2. The molecule has 0 unspecified atom stereocenters. The monoisotopic (exact) mass is 335 g/mol. The van der Waals surface area contributed by atoms with Crippen LogP contribution in [0.25, 0.3) is 11.0 Å². The van der Waals surface area contributed by atoms with Crippen molar-refractivity contribution in [1.29, 1.82) is 0 Å². The van der Waals surface area contributed by atoms with E-state index in [1.807, 2.05) is 18.2 Å². The van der Waals surface area contributed by atoms with Crippen molar-refractivity contribution in [2.45, 2.75) is 6.54 Å². The lowest BCUT2D eigenvalue weighted by molar-refractivity contribution is 0.299. The van der Waals surface area contributed by atoms with Crippen molar-refractivity contribution in [1.82, 2.24) is 4.90 Å². The Morgan fingerprint density at radius 3 is 2.35 bits per heavy atom. The molecule has 110 valence electrons. The Bertz CT molecular complexity index is 594. The summed E-state index contributed by atoms with van der Waals surface area (Å²) in [7, 11) is 0. The molecule has 0 radical (unpaired) electrons. The predicted octanol–water partition coefficient (Wildman–Crippen LogP) is 3.49. The van der Waals surface area contributed by atoms with Crippen LogP contribution >= 0.6 is 35.6 Å². The maximum atomic E-state index is 11.2. The van der Waals surface area contributed by atoms with Gasteiger partial charge in [0.25, 0.3) is 0 Å². The van der Waals surface area contributed by atoms with Crippen LogP contribution in [0.15, 0.2) is 39.5 Å². The van der Waals surface area contributed by atoms with Gasteiger partial charge in [0.2, 0.25) is 0 Å². The highest BCUT2D eigenvalue weighted by molar-refractivity contribution is 6.18. The Morgan fingerprint density at radius 1 is 1.05 bits per heavy atom. The third-order valence-electron chi connectivity index (χ3n) is 2.90. The number of nitrogens with zero attached hydrogens (tertiary/aromatic N) is 1. The molecule has 2 rings (SSSR count). The summed E-state index contributed by atoms with van der Waals surface area (Å²) in [6.07, 6.45) is 0. The molecule has 0 fully saturated rings. The van der Waals surface area contributed by atoms with Gasteiger partial charge in [-0.1, -0.05) is 12.1 Å². The Kier molecular flexibility index (Phi) is 7.38. The van der Waals surface area contributed by atoms with E-state index in [2.05, 4.69) is 4.90 Å². The molecule has 2 aromatic rings. The molecule has 3 nitrogen and oxygen atoms in total. The Morgan fingerprint density at radius 2 is 1.70 bits per heavy atom. The first-order valence-corrected chi connectivity index (χ1v) is 7.17. The molecule has 0 aliphatic rings. The minimum Gasteiger partial charge on any atom is -0.423 e. The number of rotatable bonds is 6. The van der Waals surface area contributed by atoms with E-state index in [9.17, 15) is 4.79 Å². The lowest BCUT2D eigenvalue weighted by Crippen LogP contribution is -2.27. The summed E-state index contributed by atoms with van der Waals surface area (Å²) in [5.41, 5.74) is 1.36. The first-order chi connectivity index (χ1) is 9.22. The number of benzene rings is 1. The van der Waals surface area contributed by atoms with Gasteiger partial charge in [-0.3, -0.25) is 4.90 Å². The molecule has 0 saturated carbocycles. The first-order valence-electron chi connectivity index (χ1n) is 6.10. The maximum Gasteiger partial charge on any atom is 0.336 e. The van der Waals surface area contributed by atoms with Gasteiger partial charge in [0.05, 0.1) is 0 Å². The van der Waals surface area contributed by atoms with Gasteiger partial charge < -0.3 is 4.42 Å². The summed E-state index contributed by atoms with van der Waals surface area (Å²) in [6.45, 7) is 2.31. The third-order valence-corrected chi connectivity index (χ3v) is 3.23. The summed E-state index contributed by atoms with van der Waals surface area (Å²) in [6, 6.07) is 9.06. The minimum absolute atomic E-state index is 0. The Labute approximate surface area is 133 Å². The molecule has 0 N–H and O–H groups in total. The fourth-order valence-electron chi connectivity index (χ4n) is 1.97. The quantitative estimate of drug-likeness (QED) is 0.598. The molecule has 1 aromatic carbocycles. The number of alkyl halides is 2. The molecule has 0 bridgehead atoms. The van der Waals surface area contributed by atoms with Gasteiger partial charge in [-0.05, 0) is 17.7 Å². The normalized spacial score (nSPS) is 10.8. The van der Waals surface area contributed by atoms with Crippen LogP contribution in [-0.4, -0.2) is 29.7 Å². The van der Waals surface area contributed by atoms with E-state index >= 15 is 0 Å². The van der Waals surface area contributed by atoms with Crippen molar-refractivity contribution in [2.75, 3.05) is 24.8 Å². The van der Waals surface area contributed by atoms with Gasteiger partial charge in [0.15, 0.2) is 0 Å². The molecule has 6 heteroatoms. The van der Waals surface area contributed by atoms with Crippen molar-refractivity contribution in [2.24, 2.45) is 0 Å². The largest absolute Gasteiger partial charge is 0.423 e. The Hall–Kier alpha value is -0.740. The molecule has 0 atom stereocenters. The van der Waals surface area contributed by atoms with E-state index in [-0.39, 0.29) is 18.0 Å². The molecule has 0 aliphatic heterocycles. The zero-order chi connectivity index (χ0) is 13.7. The van der Waals surface area contributed by atoms with Gasteiger partial charge >= 0.3 is 5.63 Å². The number of halogens is 3. The van der Waals surface area contributed by atoms with Gasteiger partial charge in [0.1, 0.15) is 5.58 Å². The van der Waals surface area contributed by atoms with Crippen LogP contribution in [0.1, 0.15) is 5.56 Å². The fourth-order valence-corrected chi connectivity index (χ4v) is 2.45. The molecule has 1 aromatic heterocycles. The second-order valence-corrected chi connectivity index (χ2v) is 5.04. The molecular weight excluding hydrogens is 321 g/mol. The zero-order valence-electron chi connectivity index (χ0n) is 10.9. The van der Waals surface area contributed by atoms with Crippen molar-refractivity contribution in [3.05, 3.63) is 46.3 Å². The van der Waals surface area contributed by atoms with Gasteiger partial charge in [0, 0.05) is 42.8 Å². The van der Waals surface area contributed by atoms with Crippen molar-refractivity contribution >= 4 is 46.6 Å². The average molecular weight is 337 g/mol. The summed E-state index contributed by atoms with van der Waals surface area (Å²) in [5.74, 6) is 1.14. The minimum atomic E-state index is -0.331. The smallest absolute Gasteiger partial charge is 0.336 e. The van der Waals surface area contributed by atoms with Gasteiger partial charge in [-0.2, -0.15) is 0 Å². The highest BCUT2D eigenvalue weighted by Crippen LogP contribution is 2.15. The molecular formula is C14H16Cl3NO2. The topological polar surface area (TPSA) is 33.5 Å². The van der Waals surface area contributed by atoms with E-state index in [0.717, 1.165) is 30.6 Å². The van der Waals surface area contributed by atoms with E-state index < -0.39 is 0 Å². The van der Waals surface area contributed by atoms with Crippen LogP contribution in [0.5, 0.6) is 0 Å².